The van der Waals surface area contributed by atoms with E-state index in [1.165, 1.54) is 167 Å². The summed E-state index contributed by atoms with van der Waals surface area (Å²) in [6, 6.07) is 0. The van der Waals surface area contributed by atoms with Crippen LogP contribution >= 0.6 is 0 Å². The Kier molecular flexibility index (Phi) is 39.6. The highest BCUT2D eigenvalue weighted by Gasteiger charge is 2.44. The quantitative estimate of drug-likeness (QED) is 0.0269. The third-order valence-electron chi connectivity index (χ3n) is 11.6. The van der Waals surface area contributed by atoms with Crippen LogP contribution in [0.5, 0.6) is 0 Å². The van der Waals surface area contributed by atoms with E-state index in [9.17, 15) is 25.2 Å². The molecule has 1 heterocycles. The zero-order valence-electron chi connectivity index (χ0n) is 38.3. The summed E-state index contributed by atoms with van der Waals surface area (Å²) in [6.07, 6.45) is 42.1. The fourth-order valence-electron chi connectivity index (χ4n) is 7.70. The van der Waals surface area contributed by atoms with Gasteiger partial charge in [0, 0.05) is 13.0 Å². The topological polar surface area (TPSA) is 135 Å². The molecule has 9 nitrogen and oxygen atoms in total. The molecule has 0 aromatic carbocycles. The van der Waals surface area contributed by atoms with Gasteiger partial charge in [-0.25, -0.2) is 0 Å². The first kappa shape index (κ1) is 55.7. The van der Waals surface area contributed by atoms with Crippen molar-refractivity contribution < 1.29 is 44.2 Å². The monoisotopic (exact) mass is 839 g/mol. The van der Waals surface area contributed by atoms with E-state index in [0.717, 1.165) is 38.5 Å². The lowest BCUT2D eigenvalue weighted by Crippen LogP contribution is -2.59. The molecular weight excluding hydrogens is 745 g/mol. The molecule has 0 radical (unpaired) electrons. The van der Waals surface area contributed by atoms with Crippen LogP contribution in [-0.2, 0) is 23.7 Å². The lowest BCUT2D eigenvalue weighted by atomic mass is 9.99. The number of unbranched alkanes of at least 4 members (excludes halogenated alkanes) is 28. The number of aliphatic hydroxyl groups is 4. The van der Waals surface area contributed by atoms with Crippen LogP contribution in [0.2, 0.25) is 0 Å². The Morgan fingerprint density at radius 1 is 0.542 bits per heavy atom. The molecule has 0 aromatic rings. The van der Waals surface area contributed by atoms with E-state index in [0.29, 0.717) is 13.0 Å². The number of rotatable bonds is 43. The molecule has 6 atom stereocenters. The molecule has 1 aliphatic rings. The van der Waals surface area contributed by atoms with Crippen molar-refractivity contribution in [1.29, 1.82) is 0 Å². The summed E-state index contributed by atoms with van der Waals surface area (Å²) < 4.78 is 22.8. The molecule has 0 amide bonds. The van der Waals surface area contributed by atoms with E-state index < -0.39 is 43.4 Å². The molecule has 1 saturated heterocycles. The molecule has 1 aliphatic heterocycles. The first-order chi connectivity index (χ1) is 28.9. The van der Waals surface area contributed by atoms with Gasteiger partial charge in [0.05, 0.1) is 19.8 Å². The molecule has 0 bridgehead atoms. The Morgan fingerprint density at radius 3 is 1.46 bits per heavy atom. The minimum absolute atomic E-state index is 0.109. The van der Waals surface area contributed by atoms with Gasteiger partial charge in [0.25, 0.3) is 0 Å². The van der Waals surface area contributed by atoms with Crippen molar-refractivity contribution in [3.05, 3.63) is 24.3 Å². The second kappa shape index (κ2) is 42.0. The van der Waals surface area contributed by atoms with Gasteiger partial charge in [0.2, 0.25) is 0 Å². The molecule has 6 unspecified atom stereocenters. The van der Waals surface area contributed by atoms with Crippen LogP contribution in [0.25, 0.3) is 0 Å². The minimum atomic E-state index is -1.53. The highest BCUT2D eigenvalue weighted by molar-refractivity contribution is 5.69. The molecule has 0 saturated carbocycles. The number of carbonyl (C=O) groups is 1. The molecule has 1 fully saturated rings. The summed E-state index contributed by atoms with van der Waals surface area (Å²) in [5.74, 6) is -0.311. The second-order valence-electron chi connectivity index (χ2n) is 17.3. The molecule has 9 heteroatoms. The van der Waals surface area contributed by atoms with Gasteiger partial charge in [-0.3, -0.25) is 4.79 Å². The maximum Gasteiger partial charge on any atom is 0.306 e. The Hall–Kier alpha value is -1.33. The van der Waals surface area contributed by atoms with Gasteiger partial charge < -0.3 is 39.4 Å². The number of carbonyl (C=O) groups excluding carboxylic acids is 1. The standard InChI is InChI=1S/C50H94O9/c1-3-5-7-9-11-13-15-16-17-18-19-20-21-22-23-24-25-26-27-28-29-31-33-35-37-39-46(52)58-44(43-57-50-49(55)48(54)47(53)45(41-51)59-50)42-56-40-38-36-34-32-30-14-12-10-8-6-4-2/h15-16,18-19,44-45,47-51,53-55H,3-14,17,20-43H2,1-2H3/b16-15-,19-18-. The predicted octanol–water partition coefficient (Wildman–Crippen LogP) is 11.8. The molecule has 4 N–H and O–H groups in total. The van der Waals surface area contributed by atoms with Crippen molar-refractivity contribution in [1.82, 2.24) is 0 Å². The molecule has 1 rings (SSSR count). The molecule has 0 aliphatic carbocycles. The largest absolute Gasteiger partial charge is 0.457 e. The smallest absolute Gasteiger partial charge is 0.306 e. The zero-order chi connectivity index (χ0) is 42.9. The summed E-state index contributed by atoms with van der Waals surface area (Å²) in [6.45, 7) is 4.57. The van der Waals surface area contributed by atoms with Crippen LogP contribution in [0.1, 0.15) is 226 Å². The number of allylic oxidation sites excluding steroid dienone is 4. The van der Waals surface area contributed by atoms with E-state index >= 15 is 0 Å². The van der Waals surface area contributed by atoms with Crippen LogP contribution < -0.4 is 0 Å². The van der Waals surface area contributed by atoms with Crippen LogP contribution in [0, 0.1) is 0 Å². The molecule has 348 valence electrons. The maximum atomic E-state index is 12.8. The van der Waals surface area contributed by atoms with Gasteiger partial charge in [0.1, 0.15) is 30.5 Å². The van der Waals surface area contributed by atoms with Crippen LogP contribution in [0.4, 0.5) is 0 Å². The SMILES string of the molecule is CCCCCCC/C=C\C/C=C\CCCCCCCCCCCCCCCC(=O)OC(COCCCCCCCCCCCCC)COC1OC(CO)C(O)C(O)C1O. The van der Waals surface area contributed by atoms with Crippen LogP contribution in [-0.4, -0.2) is 89.6 Å². The van der Waals surface area contributed by atoms with Gasteiger partial charge in [-0.2, -0.15) is 0 Å². The van der Waals surface area contributed by atoms with E-state index in [2.05, 4.69) is 38.2 Å². The Balaban J connectivity index is 2.15. The van der Waals surface area contributed by atoms with Crippen LogP contribution in [0.3, 0.4) is 0 Å². The average molecular weight is 839 g/mol. The van der Waals surface area contributed by atoms with Gasteiger partial charge in [-0.15, -0.1) is 0 Å². The number of hydrogen-bond acceptors (Lipinski definition) is 9. The normalized spacial score (nSPS) is 20.3. The van der Waals surface area contributed by atoms with Crippen LogP contribution in [0.15, 0.2) is 24.3 Å². The van der Waals surface area contributed by atoms with Crippen molar-refractivity contribution in [2.45, 2.75) is 263 Å². The minimum Gasteiger partial charge on any atom is -0.457 e. The summed E-state index contributed by atoms with van der Waals surface area (Å²) >= 11 is 0. The number of esters is 1. The summed E-state index contributed by atoms with van der Waals surface area (Å²) in [5.41, 5.74) is 0. The van der Waals surface area contributed by atoms with E-state index in [-0.39, 0.29) is 19.2 Å². The molecular formula is C50H94O9. The molecule has 59 heavy (non-hydrogen) atoms. The lowest BCUT2D eigenvalue weighted by molar-refractivity contribution is -0.305. The fraction of sp³-hybridized carbons (Fsp3) is 0.900. The lowest BCUT2D eigenvalue weighted by Gasteiger charge is -2.39. The fourth-order valence-corrected chi connectivity index (χ4v) is 7.70. The number of aliphatic hydroxyl groups excluding tert-OH is 4. The second-order valence-corrected chi connectivity index (χ2v) is 17.3. The van der Waals surface area contributed by atoms with Gasteiger partial charge in [0.15, 0.2) is 6.29 Å². The molecule has 0 spiro atoms. The summed E-state index contributed by atoms with van der Waals surface area (Å²) in [4.78, 5) is 12.8. The van der Waals surface area contributed by atoms with E-state index in [1.807, 2.05) is 0 Å². The number of ether oxygens (including phenoxy) is 4. The van der Waals surface area contributed by atoms with E-state index in [4.69, 9.17) is 18.9 Å². The zero-order valence-corrected chi connectivity index (χ0v) is 38.3. The summed E-state index contributed by atoms with van der Waals surface area (Å²) in [5, 5.41) is 40.1. The first-order valence-corrected chi connectivity index (χ1v) is 24.9. The Labute approximate surface area is 362 Å². The maximum absolute atomic E-state index is 12.8. The predicted molar refractivity (Wildman–Crippen MR) is 242 cm³/mol. The Bertz CT molecular complexity index is 957. The van der Waals surface area contributed by atoms with Gasteiger partial charge in [-0.05, 0) is 44.9 Å². The molecule has 0 aromatic heterocycles. The third-order valence-corrected chi connectivity index (χ3v) is 11.6. The first-order valence-electron chi connectivity index (χ1n) is 24.9. The van der Waals surface area contributed by atoms with Crippen molar-refractivity contribution >= 4 is 5.97 Å². The summed E-state index contributed by atoms with van der Waals surface area (Å²) in [7, 11) is 0. The van der Waals surface area contributed by atoms with Gasteiger partial charge >= 0.3 is 5.97 Å². The third kappa shape index (κ3) is 33.0. The van der Waals surface area contributed by atoms with Crippen molar-refractivity contribution in [3.63, 3.8) is 0 Å². The average Bonchev–Trinajstić information content (AvgIpc) is 3.24. The van der Waals surface area contributed by atoms with Crippen molar-refractivity contribution in [2.75, 3.05) is 26.4 Å². The number of hydrogen-bond donors (Lipinski definition) is 4. The highest BCUT2D eigenvalue weighted by Crippen LogP contribution is 2.23. The van der Waals surface area contributed by atoms with E-state index in [1.54, 1.807) is 0 Å². The highest BCUT2D eigenvalue weighted by atomic mass is 16.7. The van der Waals surface area contributed by atoms with Gasteiger partial charge in [-0.1, -0.05) is 199 Å². The van der Waals surface area contributed by atoms with Crippen molar-refractivity contribution in [2.24, 2.45) is 0 Å². The Morgan fingerprint density at radius 2 is 0.983 bits per heavy atom. The van der Waals surface area contributed by atoms with Crippen molar-refractivity contribution in [3.8, 4) is 0 Å².